The summed E-state index contributed by atoms with van der Waals surface area (Å²) in [6.07, 6.45) is 0. The normalized spacial score (nSPS) is 10.1. The van der Waals surface area contributed by atoms with E-state index in [1.54, 1.807) is 6.07 Å². The Bertz CT molecular complexity index is 252. The number of rotatable bonds is 2. The van der Waals surface area contributed by atoms with Gasteiger partial charge in [0.2, 0.25) is 0 Å². The van der Waals surface area contributed by atoms with Gasteiger partial charge in [-0.05, 0) is 42.6 Å². The van der Waals surface area contributed by atoms with Crippen molar-refractivity contribution in [2.24, 2.45) is 5.84 Å². The van der Waals surface area contributed by atoms with Gasteiger partial charge >= 0.3 is 0 Å². The van der Waals surface area contributed by atoms with Crippen molar-refractivity contribution < 1.29 is 4.39 Å². The van der Waals surface area contributed by atoms with Gasteiger partial charge in [0, 0.05) is 4.90 Å². The van der Waals surface area contributed by atoms with Crippen molar-refractivity contribution in [2.45, 2.75) is 11.8 Å². The first-order valence-corrected chi connectivity index (χ1v) is 3.94. The first kappa shape index (κ1) is 8.52. The number of aryl methyl sites for hydroxylation is 1. The van der Waals surface area contributed by atoms with E-state index in [0.717, 1.165) is 10.5 Å². The summed E-state index contributed by atoms with van der Waals surface area (Å²) in [4.78, 5) is 3.38. The van der Waals surface area contributed by atoms with Gasteiger partial charge in [-0.25, -0.2) is 4.39 Å². The Balaban J connectivity index is 2.90. The summed E-state index contributed by atoms with van der Waals surface area (Å²) >= 11 is 1.27. The van der Waals surface area contributed by atoms with E-state index in [1.807, 2.05) is 6.92 Å². The molecule has 4 heteroatoms. The van der Waals surface area contributed by atoms with Gasteiger partial charge in [-0.2, -0.15) is 4.83 Å². The molecule has 11 heavy (non-hydrogen) atoms. The van der Waals surface area contributed by atoms with Crippen molar-refractivity contribution in [3.8, 4) is 0 Å². The summed E-state index contributed by atoms with van der Waals surface area (Å²) in [7, 11) is 0. The Morgan fingerprint density at radius 2 is 2.27 bits per heavy atom. The van der Waals surface area contributed by atoms with Crippen LogP contribution < -0.4 is 10.7 Å². The molecular weight excluding hydrogens is 163 g/mol. The Morgan fingerprint density at radius 1 is 1.55 bits per heavy atom. The smallest absolute Gasteiger partial charge is 0.123 e. The van der Waals surface area contributed by atoms with Crippen LogP contribution in [-0.2, 0) is 0 Å². The molecular formula is C7H9FN2S. The molecule has 1 aromatic carbocycles. The lowest BCUT2D eigenvalue weighted by atomic mass is 10.2. The lowest BCUT2D eigenvalue weighted by Gasteiger charge is -2.02. The number of hydrogen-bond acceptors (Lipinski definition) is 3. The molecule has 0 radical (unpaired) electrons. The van der Waals surface area contributed by atoms with Crippen LogP contribution in [0.5, 0.6) is 0 Å². The molecule has 0 aliphatic carbocycles. The van der Waals surface area contributed by atoms with Gasteiger partial charge in [-0.1, -0.05) is 0 Å². The van der Waals surface area contributed by atoms with Crippen LogP contribution in [0.15, 0.2) is 23.1 Å². The summed E-state index contributed by atoms with van der Waals surface area (Å²) < 4.78 is 12.5. The second kappa shape index (κ2) is 3.71. The lowest BCUT2D eigenvalue weighted by Crippen LogP contribution is -2.11. The maximum Gasteiger partial charge on any atom is 0.123 e. The summed E-state index contributed by atoms with van der Waals surface area (Å²) in [6, 6.07) is 4.57. The SMILES string of the molecule is Cc1cc(F)ccc1SNN. The summed E-state index contributed by atoms with van der Waals surface area (Å²) in [5.74, 6) is 4.87. The van der Waals surface area contributed by atoms with E-state index < -0.39 is 0 Å². The molecule has 0 fully saturated rings. The maximum absolute atomic E-state index is 12.5. The van der Waals surface area contributed by atoms with Crippen molar-refractivity contribution in [3.05, 3.63) is 29.6 Å². The predicted octanol–water partition coefficient (Wildman–Crippen LogP) is 1.60. The van der Waals surface area contributed by atoms with E-state index in [-0.39, 0.29) is 5.82 Å². The number of hydrogen-bond donors (Lipinski definition) is 2. The Kier molecular flexibility index (Phi) is 2.87. The summed E-state index contributed by atoms with van der Waals surface area (Å²) in [5.41, 5.74) is 0.882. The third kappa shape index (κ3) is 2.18. The quantitative estimate of drug-likeness (QED) is 0.404. The first-order chi connectivity index (χ1) is 5.24. The minimum absolute atomic E-state index is 0.219. The van der Waals surface area contributed by atoms with Gasteiger partial charge in [-0.15, -0.1) is 0 Å². The molecule has 3 N–H and O–H groups in total. The Labute approximate surface area is 69.1 Å². The van der Waals surface area contributed by atoms with E-state index in [2.05, 4.69) is 4.83 Å². The largest absolute Gasteiger partial charge is 0.261 e. The van der Waals surface area contributed by atoms with Gasteiger partial charge in [0.15, 0.2) is 0 Å². The Morgan fingerprint density at radius 3 is 2.82 bits per heavy atom. The molecule has 0 aromatic heterocycles. The highest BCUT2D eigenvalue weighted by atomic mass is 32.2. The van der Waals surface area contributed by atoms with E-state index in [4.69, 9.17) is 5.84 Å². The zero-order valence-electron chi connectivity index (χ0n) is 6.10. The molecule has 2 nitrogen and oxygen atoms in total. The summed E-state index contributed by atoms with van der Waals surface area (Å²) in [6.45, 7) is 1.84. The van der Waals surface area contributed by atoms with E-state index in [9.17, 15) is 4.39 Å². The van der Waals surface area contributed by atoms with Crippen molar-refractivity contribution >= 4 is 11.9 Å². The van der Waals surface area contributed by atoms with Crippen molar-refractivity contribution in [1.82, 2.24) is 4.83 Å². The van der Waals surface area contributed by atoms with Gasteiger partial charge in [0.1, 0.15) is 5.82 Å². The van der Waals surface area contributed by atoms with Crippen LogP contribution in [-0.4, -0.2) is 0 Å². The molecule has 60 valence electrons. The highest BCUT2D eigenvalue weighted by molar-refractivity contribution is 7.97. The molecule has 0 atom stereocenters. The second-order valence-electron chi connectivity index (χ2n) is 2.13. The average Bonchev–Trinajstić information content (AvgIpc) is 1.95. The minimum atomic E-state index is -0.219. The van der Waals surface area contributed by atoms with Gasteiger partial charge in [0.25, 0.3) is 0 Å². The molecule has 0 bridgehead atoms. The van der Waals surface area contributed by atoms with Crippen molar-refractivity contribution in [3.63, 3.8) is 0 Å². The predicted molar refractivity (Wildman–Crippen MR) is 44.3 cm³/mol. The van der Waals surface area contributed by atoms with Gasteiger partial charge < -0.3 is 0 Å². The summed E-state index contributed by atoms with van der Waals surface area (Å²) in [5, 5.41) is 0. The van der Waals surface area contributed by atoms with Crippen LogP contribution in [0.2, 0.25) is 0 Å². The fourth-order valence-electron chi connectivity index (χ4n) is 0.791. The molecule has 0 saturated heterocycles. The van der Waals surface area contributed by atoms with Crippen LogP contribution >= 0.6 is 11.9 Å². The zero-order valence-corrected chi connectivity index (χ0v) is 6.91. The number of nitrogens with one attached hydrogen (secondary N) is 1. The molecule has 0 saturated carbocycles. The highest BCUT2D eigenvalue weighted by Gasteiger charge is 1.98. The third-order valence-electron chi connectivity index (χ3n) is 1.31. The van der Waals surface area contributed by atoms with Crippen LogP contribution in [0.3, 0.4) is 0 Å². The first-order valence-electron chi connectivity index (χ1n) is 3.12. The molecule has 0 unspecified atom stereocenters. The monoisotopic (exact) mass is 172 g/mol. The molecule has 0 amide bonds. The molecule has 1 rings (SSSR count). The van der Waals surface area contributed by atoms with Gasteiger partial charge in [0.05, 0.1) is 0 Å². The van der Waals surface area contributed by atoms with E-state index in [1.165, 1.54) is 24.1 Å². The average molecular weight is 172 g/mol. The number of halogens is 1. The van der Waals surface area contributed by atoms with Crippen LogP contribution in [0.25, 0.3) is 0 Å². The molecule has 0 aliphatic rings. The maximum atomic E-state index is 12.5. The van der Waals surface area contributed by atoms with Crippen molar-refractivity contribution in [1.29, 1.82) is 0 Å². The fraction of sp³-hybridized carbons (Fsp3) is 0.143. The molecule has 0 heterocycles. The van der Waals surface area contributed by atoms with E-state index >= 15 is 0 Å². The third-order valence-corrected chi connectivity index (χ3v) is 2.10. The number of benzene rings is 1. The molecule has 1 aromatic rings. The fourth-order valence-corrected chi connectivity index (χ4v) is 1.27. The van der Waals surface area contributed by atoms with Gasteiger partial charge in [-0.3, -0.25) is 5.84 Å². The van der Waals surface area contributed by atoms with Crippen LogP contribution in [0.4, 0.5) is 4.39 Å². The van der Waals surface area contributed by atoms with Crippen LogP contribution in [0, 0.1) is 12.7 Å². The minimum Gasteiger partial charge on any atom is -0.261 e. The number of nitrogens with two attached hydrogens (primary N) is 1. The van der Waals surface area contributed by atoms with Crippen LogP contribution in [0.1, 0.15) is 5.56 Å². The van der Waals surface area contributed by atoms with E-state index in [0.29, 0.717) is 0 Å². The standard InChI is InChI=1S/C7H9FN2S/c1-5-4-6(8)2-3-7(5)11-10-9/h2-4,10H,9H2,1H3. The topological polar surface area (TPSA) is 38.0 Å². The van der Waals surface area contributed by atoms with Crippen molar-refractivity contribution in [2.75, 3.05) is 0 Å². The molecule has 0 spiro atoms. The molecule has 0 aliphatic heterocycles. The lowest BCUT2D eigenvalue weighted by molar-refractivity contribution is 0.625. The number of hydrazine groups is 1. The Hall–Kier alpha value is -0.580. The highest BCUT2D eigenvalue weighted by Crippen LogP contribution is 2.18. The zero-order chi connectivity index (χ0) is 8.27. The second-order valence-corrected chi connectivity index (χ2v) is 3.01.